The first kappa shape index (κ1) is 31.7. The Kier molecular flexibility index (Phi) is 11.4. The second-order valence-electron chi connectivity index (χ2n) is 9.00. The van der Waals surface area contributed by atoms with Crippen LogP contribution in [0.5, 0.6) is 23.0 Å². The van der Waals surface area contributed by atoms with E-state index >= 15 is 0 Å². The summed E-state index contributed by atoms with van der Waals surface area (Å²) in [5, 5.41) is 3.27. The summed E-state index contributed by atoms with van der Waals surface area (Å²) < 4.78 is 27.1. The highest BCUT2D eigenvalue weighted by Gasteiger charge is 2.47. The molecule has 0 saturated carbocycles. The molecule has 0 aliphatic rings. The predicted molar refractivity (Wildman–Crippen MR) is 163 cm³/mol. The van der Waals surface area contributed by atoms with Crippen LogP contribution in [-0.2, 0) is 9.53 Å². The van der Waals surface area contributed by atoms with E-state index in [2.05, 4.69) is 36.4 Å². The van der Waals surface area contributed by atoms with E-state index in [9.17, 15) is 4.79 Å². The maximum atomic E-state index is 13.4. The van der Waals surface area contributed by atoms with Gasteiger partial charge in [0.05, 0.1) is 41.1 Å². The normalized spacial score (nSPS) is 11.2. The number of carbonyl (C=O) groups excluding carboxylic acids is 1. The van der Waals surface area contributed by atoms with E-state index in [4.69, 9.17) is 23.7 Å². The van der Waals surface area contributed by atoms with E-state index in [0.29, 0.717) is 11.7 Å². The highest BCUT2D eigenvalue weighted by atomic mass is 79.9. The first-order valence-corrected chi connectivity index (χ1v) is 14.7. The van der Waals surface area contributed by atoms with Crippen LogP contribution in [0.4, 0.5) is 0 Å². The van der Waals surface area contributed by atoms with E-state index in [0.717, 1.165) is 44.5 Å². The number of methoxy groups -OCH3 is 5. The first-order valence-electron chi connectivity index (χ1n) is 12.7. The molecule has 4 aromatic carbocycles. The van der Waals surface area contributed by atoms with Crippen molar-refractivity contribution >= 4 is 35.2 Å². The van der Waals surface area contributed by atoms with Crippen molar-refractivity contribution in [3.05, 3.63) is 108 Å². The summed E-state index contributed by atoms with van der Waals surface area (Å²) in [5.41, 5.74) is 1.43. The highest BCUT2D eigenvalue weighted by molar-refractivity contribution is 7.95. The summed E-state index contributed by atoms with van der Waals surface area (Å²) >= 11 is 0. The fourth-order valence-electron chi connectivity index (χ4n) is 4.69. The Hall–Kier alpha value is -3.80. The topological polar surface area (TPSA) is 63.2 Å². The molecule has 214 valence electrons. The van der Waals surface area contributed by atoms with Crippen molar-refractivity contribution in [2.45, 2.75) is 0 Å². The molecule has 0 bridgehead atoms. The number of esters is 1. The van der Waals surface area contributed by atoms with Crippen molar-refractivity contribution in [3.8, 4) is 23.0 Å². The van der Waals surface area contributed by atoms with Gasteiger partial charge in [-0.3, -0.25) is 0 Å². The number of benzene rings is 4. The average Bonchev–Trinajstić information content (AvgIpc) is 3.03. The van der Waals surface area contributed by atoms with Gasteiger partial charge in [-0.15, -0.1) is 0 Å². The minimum atomic E-state index is -2.48. The van der Waals surface area contributed by atoms with E-state index < -0.39 is 7.26 Å². The molecule has 8 heteroatoms. The zero-order valence-electron chi connectivity index (χ0n) is 23.8. The molecule has 0 aromatic heterocycles. The molecular formula is C33H34BrO6P. The minimum absolute atomic E-state index is 0. The van der Waals surface area contributed by atoms with Crippen LogP contribution in [0.25, 0.3) is 6.08 Å². The minimum Gasteiger partial charge on any atom is -1.00 e. The Morgan fingerprint density at radius 2 is 0.878 bits per heavy atom. The van der Waals surface area contributed by atoms with Crippen LogP contribution < -0.4 is 51.8 Å². The monoisotopic (exact) mass is 636 g/mol. The lowest BCUT2D eigenvalue weighted by atomic mass is 10.1. The van der Waals surface area contributed by atoms with Gasteiger partial charge in [0.2, 0.25) is 0 Å². The van der Waals surface area contributed by atoms with Gasteiger partial charge in [0.1, 0.15) is 52.3 Å². The van der Waals surface area contributed by atoms with E-state index in [1.54, 1.807) is 28.4 Å². The predicted octanol–water partition coefficient (Wildman–Crippen LogP) is 2.28. The molecule has 4 aromatic rings. The first-order chi connectivity index (χ1) is 19.5. The van der Waals surface area contributed by atoms with Crippen molar-refractivity contribution in [1.29, 1.82) is 0 Å². The van der Waals surface area contributed by atoms with Gasteiger partial charge >= 0.3 is 5.97 Å². The van der Waals surface area contributed by atoms with Crippen molar-refractivity contribution in [1.82, 2.24) is 0 Å². The SMILES string of the molecule is COC(=O)/C(=C/c1ccc(OC)cc1)C[P+](c1ccc(OC)cc1)(c1ccc(OC)cc1)c1ccc(OC)cc1.[Br-]. The lowest BCUT2D eigenvalue weighted by Crippen LogP contribution is -3.00. The highest BCUT2D eigenvalue weighted by Crippen LogP contribution is 2.57. The fourth-order valence-corrected chi connectivity index (χ4v) is 8.84. The molecule has 41 heavy (non-hydrogen) atoms. The van der Waals surface area contributed by atoms with Crippen LogP contribution in [0.15, 0.2) is 103 Å². The number of hydrogen-bond acceptors (Lipinski definition) is 6. The number of rotatable bonds is 11. The van der Waals surface area contributed by atoms with Crippen LogP contribution in [0.1, 0.15) is 5.56 Å². The second kappa shape index (κ2) is 14.7. The number of ether oxygens (including phenoxy) is 5. The molecule has 0 radical (unpaired) electrons. The molecule has 0 amide bonds. The zero-order valence-corrected chi connectivity index (χ0v) is 26.3. The third kappa shape index (κ3) is 7.10. The van der Waals surface area contributed by atoms with Gasteiger partial charge in [0.25, 0.3) is 0 Å². The van der Waals surface area contributed by atoms with Crippen LogP contribution in [0.2, 0.25) is 0 Å². The Bertz CT molecular complexity index is 1320. The Labute approximate surface area is 253 Å². The molecule has 0 spiro atoms. The van der Waals surface area contributed by atoms with Crippen LogP contribution in [0, 0.1) is 0 Å². The molecular weight excluding hydrogens is 603 g/mol. The lowest BCUT2D eigenvalue weighted by Gasteiger charge is -2.28. The molecule has 0 saturated heterocycles. The molecule has 0 aliphatic heterocycles. The van der Waals surface area contributed by atoms with Crippen LogP contribution >= 0.6 is 7.26 Å². The van der Waals surface area contributed by atoms with Crippen molar-refractivity contribution in [2.24, 2.45) is 0 Å². The molecule has 4 rings (SSSR count). The third-order valence-electron chi connectivity index (χ3n) is 6.85. The summed E-state index contributed by atoms with van der Waals surface area (Å²) in [5.74, 6) is 2.64. The molecule has 0 atom stereocenters. The van der Waals surface area contributed by atoms with E-state index in [1.165, 1.54) is 7.11 Å². The Morgan fingerprint density at radius 1 is 0.561 bits per heavy atom. The maximum absolute atomic E-state index is 13.4. The standard InChI is InChI=1S/C33H34O6P.BrH/c1-35-26-8-6-24(7-9-26)22-25(33(34)39-5)23-40(30-16-10-27(36-2)11-17-30,31-18-12-28(37-3)13-19-31)32-20-14-29(38-4)15-21-32;/h6-22H,23H2,1-5H3;1H/q+1;/p-1/b25-22+;. The number of halogens is 1. The smallest absolute Gasteiger partial charge is 0.337 e. The van der Waals surface area contributed by atoms with Crippen LogP contribution in [0.3, 0.4) is 0 Å². The molecule has 6 nitrogen and oxygen atoms in total. The van der Waals surface area contributed by atoms with Gasteiger partial charge in [-0.1, -0.05) is 12.1 Å². The van der Waals surface area contributed by atoms with Gasteiger partial charge in [-0.2, -0.15) is 0 Å². The number of carbonyl (C=O) groups is 1. The summed E-state index contributed by atoms with van der Waals surface area (Å²) in [6.07, 6.45) is 2.33. The summed E-state index contributed by atoms with van der Waals surface area (Å²) in [7, 11) is 5.51. The Morgan fingerprint density at radius 3 is 1.17 bits per heavy atom. The molecule has 0 unspecified atom stereocenters. The molecule has 0 aliphatic carbocycles. The van der Waals surface area contributed by atoms with Crippen molar-refractivity contribution in [3.63, 3.8) is 0 Å². The summed E-state index contributed by atoms with van der Waals surface area (Å²) in [6.45, 7) is 0. The third-order valence-corrected chi connectivity index (χ3v) is 11.2. The zero-order chi connectivity index (χ0) is 28.5. The average molecular weight is 638 g/mol. The quantitative estimate of drug-likeness (QED) is 0.143. The van der Waals surface area contributed by atoms with Gasteiger partial charge < -0.3 is 40.7 Å². The summed E-state index contributed by atoms with van der Waals surface area (Å²) in [4.78, 5) is 13.4. The molecule has 0 fully saturated rings. The fraction of sp³-hybridized carbons (Fsp3) is 0.182. The van der Waals surface area contributed by atoms with Crippen molar-refractivity contribution < 1.29 is 45.5 Å². The van der Waals surface area contributed by atoms with E-state index in [1.807, 2.05) is 66.7 Å². The largest absolute Gasteiger partial charge is 1.00 e. The second-order valence-corrected chi connectivity index (χ2v) is 12.5. The van der Waals surface area contributed by atoms with Gasteiger partial charge in [0.15, 0.2) is 0 Å². The van der Waals surface area contributed by atoms with Crippen LogP contribution in [-0.4, -0.2) is 47.7 Å². The van der Waals surface area contributed by atoms with E-state index in [-0.39, 0.29) is 23.0 Å². The molecule has 0 heterocycles. The lowest BCUT2D eigenvalue weighted by molar-refractivity contribution is -0.135. The van der Waals surface area contributed by atoms with Gasteiger partial charge in [-0.25, -0.2) is 4.79 Å². The van der Waals surface area contributed by atoms with Gasteiger partial charge in [0, 0.05) is 0 Å². The van der Waals surface area contributed by atoms with Gasteiger partial charge in [-0.05, 0) is 96.6 Å². The van der Waals surface area contributed by atoms with Crippen molar-refractivity contribution in [2.75, 3.05) is 41.7 Å². The summed E-state index contributed by atoms with van der Waals surface area (Å²) in [6, 6.07) is 31.9. The maximum Gasteiger partial charge on any atom is 0.337 e. The Balaban J connectivity index is 0.00000462. The molecule has 0 N–H and O–H groups in total. The number of hydrogen-bond donors (Lipinski definition) is 0.